The molecule has 0 amide bonds. The van der Waals surface area contributed by atoms with Crippen molar-refractivity contribution in [2.75, 3.05) is 0 Å². The van der Waals surface area contributed by atoms with Crippen molar-refractivity contribution >= 4 is 0 Å². The SMILES string of the molecule is N#CCC[C@@H]1C[C@H]1c1ccccc1. The minimum absolute atomic E-state index is 0.716. The van der Waals surface area contributed by atoms with Gasteiger partial charge in [0.15, 0.2) is 0 Å². The molecule has 1 fully saturated rings. The second-order valence-corrected chi connectivity index (χ2v) is 3.71. The molecule has 0 unspecified atom stereocenters. The van der Waals surface area contributed by atoms with Crippen molar-refractivity contribution in [1.82, 2.24) is 0 Å². The molecule has 0 aromatic heterocycles. The van der Waals surface area contributed by atoms with Gasteiger partial charge in [0.05, 0.1) is 6.07 Å². The zero-order chi connectivity index (χ0) is 9.10. The number of rotatable bonds is 3. The van der Waals surface area contributed by atoms with Crippen LogP contribution in [0.1, 0.15) is 30.7 Å². The summed E-state index contributed by atoms with van der Waals surface area (Å²) in [6, 6.07) is 12.8. The Kier molecular flexibility index (Phi) is 2.31. The first-order valence-corrected chi connectivity index (χ1v) is 4.83. The van der Waals surface area contributed by atoms with E-state index in [4.69, 9.17) is 5.26 Å². The van der Waals surface area contributed by atoms with Crippen LogP contribution in [0.5, 0.6) is 0 Å². The molecule has 1 aromatic carbocycles. The Balaban J connectivity index is 1.90. The summed E-state index contributed by atoms with van der Waals surface area (Å²) in [6.45, 7) is 0. The Labute approximate surface area is 79.0 Å². The van der Waals surface area contributed by atoms with Crippen molar-refractivity contribution in [2.45, 2.75) is 25.2 Å². The van der Waals surface area contributed by atoms with E-state index in [1.165, 1.54) is 12.0 Å². The van der Waals surface area contributed by atoms with Crippen molar-refractivity contribution in [2.24, 2.45) is 5.92 Å². The summed E-state index contributed by atoms with van der Waals surface area (Å²) >= 11 is 0. The summed E-state index contributed by atoms with van der Waals surface area (Å²) in [5.74, 6) is 1.52. The van der Waals surface area contributed by atoms with E-state index in [2.05, 4.69) is 36.4 Å². The molecule has 0 radical (unpaired) electrons. The normalized spacial score (nSPS) is 25.2. The van der Waals surface area contributed by atoms with Gasteiger partial charge in [-0.3, -0.25) is 0 Å². The second-order valence-electron chi connectivity index (χ2n) is 3.71. The van der Waals surface area contributed by atoms with Gasteiger partial charge in [0.1, 0.15) is 0 Å². The van der Waals surface area contributed by atoms with Crippen molar-refractivity contribution in [3.8, 4) is 6.07 Å². The molecular formula is C12H13N. The molecule has 0 aliphatic heterocycles. The first kappa shape index (κ1) is 8.31. The molecule has 2 atom stereocenters. The number of benzene rings is 1. The Morgan fingerprint density at radius 1 is 1.31 bits per heavy atom. The lowest BCUT2D eigenvalue weighted by Gasteiger charge is -1.97. The third kappa shape index (κ3) is 1.89. The van der Waals surface area contributed by atoms with Crippen LogP contribution < -0.4 is 0 Å². The molecule has 1 saturated carbocycles. The predicted octanol–water partition coefficient (Wildman–Crippen LogP) is 3.09. The summed E-state index contributed by atoms with van der Waals surface area (Å²) in [6.07, 6.45) is 3.08. The minimum Gasteiger partial charge on any atom is -0.198 e. The van der Waals surface area contributed by atoms with E-state index in [1.807, 2.05) is 0 Å². The third-order valence-corrected chi connectivity index (χ3v) is 2.78. The molecule has 1 nitrogen and oxygen atoms in total. The fourth-order valence-corrected chi connectivity index (χ4v) is 1.93. The maximum absolute atomic E-state index is 8.45. The first-order valence-electron chi connectivity index (χ1n) is 4.83. The predicted molar refractivity (Wildman–Crippen MR) is 52.1 cm³/mol. The molecule has 0 N–H and O–H groups in total. The van der Waals surface area contributed by atoms with Crippen LogP contribution in [-0.4, -0.2) is 0 Å². The van der Waals surface area contributed by atoms with Gasteiger partial charge in [0.25, 0.3) is 0 Å². The summed E-state index contributed by atoms with van der Waals surface area (Å²) in [5, 5.41) is 8.45. The van der Waals surface area contributed by atoms with E-state index in [-0.39, 0.29) is 0 Å². The monoisotopic (exact) mass is 171 g/mol. The lowest BCUT2D eigenvalue weighted by molar-refractivity contribution is 0.722. The molecule has 1 aliphatic rings. The van der Waals surface area contributed by atoms with Crippen molar-refractivity contribution < 1.29 is 0 Å². The van der Waals surface area contributed by atoms with Crippen LogP contribution in [0, 0.1) is 17.2 Å². The highest BCUT2D eigenvalue weighted by atomic mass is 14.4. The standard InChI is InChI=1S/C12H13N/c13-8-4-7-11-9-12(11)10-5-2-1-3-6-10/h1-3,5-6,11-12H,4,7,9H2/t11-,12+/m1/s1. The highest BCUT2D eigenvalue weighted by molar-refractivity contribution is 5.25. The van der Waals surface area contributed by atoms with Crippen LogP contribution in [0.25, 0.3) is 0 Å². The summed E-state index contributed by atoms with van der Waals surface area (Å²) in [4.78, 5) is 0. The van der Waals surface area contributed by atoms with Crippen LogP contribution in [0.15, 0.2) is 30.3 Å². The van der Waals surface area contributed by atoms with Crippen molar-refractivity contribution in [3.63, 3.8) is 0 Å². The molecule has 13 heavy (non-hydrogen) atoms. The van der Waals surface area contributed by atoms with Crippen molar-refractivity contribution in [1.29, 1.82) is 5.26 Å². The average Bonchev–Trinajstić information content (AvgIpc) is 2.95. The van der Waals surface area contributed by atoms with Gasteiger partial charge in [-0.2, -0.15) is 5.26 Å². The van der Waals surface area contributed by atoms with Gasteiger partial charge in [0, 0.05) is 6.42 Å². The van der Waals surface area contributed by atoms with Crippen LogP contribution in [0.3, 0.4) is 0 Å². The van der Waals surface area contributed by atoms with Gasteiger partial charge >= 0.3 is 0 Å². The van der Waals surface area contributed by atoms with Gasteiger partial charge in [-0.1, -0.05) is 30.3 Å². The molecule has 66 valence electrons. The Morgan fingerprint density at radius 2 is 2.08 bits per heavy atom. The van der Waals surface area contributed by atoms with Crippen LogP contribution in [0.4, 0.5) is 0 Å². The van der Waals surface area contributed by atoms with E-state index < -0.39 is 0 Å². The van der Waals surface area contributed by atoms with E-state index in [0.717, 1.165) is 18.3 Å². The van der Waals surface area contributed by atoms with E-state index >= 15 is 0 Å². The minimum atomic E-state index is 0.716. The molecule has 1 heteroatoms. The number of nitrogens with zero attached hydrogens (tertiary/aromatic N) is 1. The zero-order valence-electron chi connectivity index (χ0n) is 7.61. The quantitative estimate of drug-likeness (QED) is 0.685. The highest BCUT2D eigenvalue weighted by Crippen LogP contribution is 2.49. The Bertz CT molecular complexity index is 310. The summed E-state index contributed by atoms with van der Waals surface area (Å²) in [5.41, 5.74) is 1.45. The molecular weight excluding hydrogens is 158 g/mol. The highest BCUT2D eigenvalue weighted by Gasteiger charge is 2.37. The number of hydrogen-bond acceptors (Lipinski definition) is 1. The molecule has 2 rings (SSSR count). The topological polar surface area (TPSA) is 23.8 Å². The third-order valence-electron chi connectivity index (χ3n) is 2.78. The molecule has 1 aliphatic carbocycles. The van der Waals surface area contributed by atoms with Gasteiger partial charge in [0.2, 0.25) is 0 Å². The maximum Gasteiger partial charge on any atom is 0.0621 e. The van der Waals surface area contributed by atoms with E-state index in [9.17, 15) is 0 Å². The lowest BCUT2D eigenvalue weighted by Crippen LogP contribution is -1.82. The van der Waals surface area contributed by atoms with Crippen molar-refractivity contribution in [3.05, 3.63) is 35.9 Å². The largest absolute Gasteiger partial charge is 0.198 e. The second kappa shape index (κ2) is 3.62. The van der Waals surface area contributed by atoms with Crippen LogP contribution in [-0.2, 0) is 0 Å². The molecule has 0 saturated heterocycles. The molecule has 1 aromatic rings. The number of hydrogen-bond donors (Lipinski definition) is 0. The molecule has 0 spiro atoms. The first-order chi connectivity index (χ1) is 6.42. The van der Waals surface area contributed by atoms with E-state index in [1.54, 1.807) is 0 Å². The van der Waals surface area contributed by atoms with Gasteiger partial charge in [-0.15, -0.1) is 0 Å². The van der Waals surface area contributed by atoms with E-state index in [0.29, 0.717) is 6.42 Å². The van der Waals surface area contributed by atoms with Gasteiger partial charge in [-0.05, 0) is 30.2 Å². The smallest absolute Gasteiger partial charge is 0.0621 e. The average molecular weight is 171 g/mol. The van der Waals surface area contributed by atoms with Crippen LogP contribution >= 0.6 is 0 Å². The number of nitriles is 1. The Hall–Kier alpha value is -1.29. The van der Waals surface area contributed by atoms with Gasteiger partial charge in [-0.25, -0.2) is 0 Å². The van der Waals surface area contributed by atoms with Gasteiger partial charge < -0.3 is 0 Å². The fourth-order valence-electron chi connectivity index (χ4n) is 1.93. The van der Waals surface area contributed by atoms with Crippen LogP contribution in [0.2, 0.25) is 0 Å². The molecule has 0 bridgehead atoms. The summed E-state index contributed by atoms with van der Waals surface area (Å²) < 4.78 is 0. The zero-order valence-corrected chi connectivity index (χ0v) is 7.61. The maximum atomic E-state index is 8.45. The molecule has 0 heterocycles. The summed E-state index contributed by atoms with van der Waals surface area (Å²) in [7, 11) is 0. The lowest BCUT2D eigenvalue weighted by atomic mass is 10.1. The Morgan fingerprint density at radius 3 is 2.77 bits per heavy atom. The fraction of sp³-hybridized carbons (Fsp3) is 0.417.